The van der Waals surface area contributed by atoms with E-state index in [9.17, 15) is 4.79 Å². The number of carbonyl (C=O) groups excluding carboxylic acids is 1. The highest BCUT2D eigenvalue weighted by atomic mass is 79.9. The van der Waals surface area contributed by atoms with Crippen LogP contribution in [0.2, 0.25) is 0 Å². The van der Waals surface area contributed by atoms with Gasteiger partial charge in [-0.15, -0.1) is 0 Å². The lowest BCUT2D eigenvalue weighted by molar-refractivity contribution is 0.0788. The fourth-order valence-corrected chi connectivity index (χ4v) is 2.61. The summed E-state index contributed by atoms with van der Waals surface area (Å²) in [6.45, 7) is 1.70. The Bertz CT molecular complexity index is 408. The number of ether oxygens (including phenoxy) is 1. The van der Waals surface area contributed by atoms with Gasteiger partial charge in [0, 0.05) is 24.0 Å². The molecule has 1 amide bonds. The van der Waals surface area contributed by atoms with Crippen molar-refractivity contribution in [2.45, 2.75) is 6.42 Å². The molecular weight excluding hydrogens is 282 g/mol. The van der Waals surface area contributed by atoms with E-state index in [4.69, 9.17) is 4.74 Å². The van der Waals surface area contributed by atoms with Crippen LogP contribution in [-0.4, -0.2) is 36.3 Å². The summed E-state index contributed by atoms with van der Waals surface area (Å²) in [7, 11) is 1.61. The lowest BCUT2D eigenvalue weighted by Crippen LogP contribution is -2.28. The van der Waals surface area contributed by atoms with Crippen molar-refractivity contribution in [2.75, 3.05) is 25.5 Å². The van der Waals surface area contributed by atoms with E-state index in [0.717, 1.165) is 30.6 Å². The molecule has 0 aliphatic carbocycles. The molecule has 1 fully saturated rings. The van der Waals surface area contributed by atoms with Crippen LogP contribution in [0.1, 0.15) is 16.8 Å². The fraction of sp³-hybridized carbons (Fsp3) is 0.462. The van der Waals surface area contributed by atoms with Crippen LogP contribution < -0.4 is 4.74 Å². The van der Waals surface area contributed by atoms with Crippen molar-refractivity contribution in [1.82, 2.24) is 4.90 Å². The maximum Gasteiger partial charge on any atom is 0.253 e. The molecule has 1 atom stereocenters. The first-order valence-corrected chi connectivity index (χ1v) is 6.86. The van der Waals surface area contributed by atoms with Crippen molar-refractivity contribution in [2.24, 2.45) is 5.92 Å². The van der Waals surface area contributed by atoms with E-state index in [1.165, 1.54) is 0 Å². The van der Waals surface area contributed by atoms with Crippen LogP contribution >= 0.6 is 15.9 Å². The normalized spacial score (nSPS) is 19.4. The molecule has 1 aromatic rings. The molecule has 1 unspecified atom stereocenters. The van der Waals surface area contributed by atoms with E-state index in [0.29, 0.717) is 11.5 Å². The van der Waals surface area contributed by atoms with E-state index in [-0.39, 0.29) is 5.91 Å². The van der Waals surface area contributed by atoms with Crippen LogP contribution in [0.3, 0.4) is 0 Å². The standard InChI is InChI=1S/C13H16BrNO2/c1-17-12-4-2-3-11(7-12)13(16)15-6-5-10(8-14)9-15/h2-4,7,10H,5-6,8-9H2,1H3. The first-order chi connectivity index (χ1) is 8.24. The Morgan fingerprint density at radius 1 is 1.59 bits per heavy atom. The third-order valence-corrected chi connectivity index (χ3v) is 4.02. The number of hydrogen-bond donors (Lipinski definition) is 0. The minimum absolute atomic E-state index is 0.104. The van der Waals surface area contributed by atoms with E-state index >= 15 is 0 Å². The summed E-state index contributed by atoms with van der Waals surface area (Å²) >= 11 is 3.47. The van der Waals surface area contributed by atoms with Crippen molar-refractivity contribution >= 4 is 21.8 Å². The number of hydrogen-bond acceptors (Lipinski definition) is 2. The molecule has 2 rings (SSSR count). The number of alkyl halides is 1. The van der Waals surface area contributed by atoms with E-state index in [2.05, 4.69) is 15.9 Å². The summed E-state index contributed by atoms with van der Waals surface area (Å²) in [5.41, 5.74) is 0.708. The van der Waals surface area contributed by atoms with Gasteiger partial charge in [0.2, 0.25) is 0 Å². The third-order valence-electron chi connectivity index (χ3n) is 3.11. The van der Waals surface area contributed by atoms with Gasteiger partial charge < -0.3 is 9.64 Å². The summed E-state index contributed by atoms with van der Waals surface area (Å²) in [5, 5.41) is 0.967. The Morgan fingerprint density at radius 2 is 2.41 bits per heavy atom. The van der Waals surface area contributed by atoms with Gasteiger partial charge in [0.1, 0.15) is 5.75 Å². The number of nitrogens with zero attached hydrogens (tertiary/aromatic N) is 1. The van der Waals surface area contributed by atoms with Gasteiger partial charge >= 0.3 is 0 Å². The zero-order chi connectivity index (χ0) is 12.3. The maximum absolute atomic E-state index is 12.2. The predicted molar refractivity (Wildman–Crippen MR) is 70.8 cm³/mol. The molecule has 92 valence electrons. The second-order valence-corrected chi connectivity index (χ2v) is 4.94. The summed E-state index contributed by atoms with van der Waals surface area (Å²) in [4.78, 5) is 14.1. The number of likely N-dealkylation sites (tertiary alicyclic amines) is 1. The van der Waals surface area contributed by atoms with Crippen LogP contribution in [0.5, 0.6) is 5.75 Å². The zero-order valence-corrected chi connectivity index (χ0v) is 11.4. The molecule has 0 spiro atoms. The number of amides is 1. The van der Waals surface area contributed by atoms with E-state index in [1.807, 2.05) is 23.1 Å². The lowest BCUT2D eigenvalue weighted by atomic mass is 10.1. The minimum atomic E-state index is 0.104. The van der Waals surface area contributed by atoms with E-state index < -0.39 is 0 Å². The minimum Gasteiger partial charge on any atom is -0.497 e. The number of rotatable bonds is 3. The quantitative estimate of drug-likeness (QED) is 0.803. The monoisotopic (exact) mass is 297 g/mol. The van der Waals surface area contributed by atoms with Gasteiger partial charge in [-0.1, -0.05) is 22.0 Å². The summed E-state index contributed by atoms with van der Waals surface area (Å²) in [6, 6.07) is 7.34. The summed E-state index contributed by atoms with van der Waals surface area (Å²) in [5.74, 6) is 1.42. The molecular formula is C13H16BrNO2. The number of halogens is 1. The molecule has 1 aromatic carbocycles. The van der Waals surface area contributed by atoms with Crippen molar-refractivity contribution in [1.29, 1.82) is 0 Å². The van der Waals surface area contributed by atoms with Crippen LogP contribution in [-0.2, 0) is 0 Å². The van der Waals surface area contributed by atoms with Gasteiger partial charge in [0.25, 0.3) is 5.91 Å². The summed E-state index contributed by atoms with van der Waals surface area (Å²) < 4.78 is 5.13. The number of benzene rings is 1. The first-order valence-electron chi connectivity index (χ1n) is 5.74. The van der Waals surface area contributed by atoms with Crippen molar-refractivity contribution in [3.05, 3.63) is 29.8 Å². The highest BCUT2D eigenvalue weighted by Crippen LogP contribution is 2.21. The summed E-state index contributed by atoms with van der Waals surface area (Å²) in [6.07, 6.45) is 1.08. The molecule has 1 aliphatic rings. The van der Waals surface area contributed by atoms with Crippen LogP contribution in [0.25, 0.3) is 0 Å². The molecule has 3 nitrogen and oxygen atoms in total. The fourth-order valence-electron chi connectivity index (χ4n) is 2.08. The highest BCUT2D eigenvalue weighted by Gasteiger charge is 2.26. The molecule has 4 heteroatoms. The maximum atomic E-state index is 12.2. The number of methoxy groups -OCH3 is 1. The Kier molecular flexibility index (Phi) is 4.05. The van der Waals surface area contributed by atoms with Gasteiger partial charge in [0.15, 0.2) is 0 Å². The molecule has 0 saturated carbocycles. The van der Waals surface area contributed by atoms with Gasteiger partial charge in [-0.3, -0.25) is 4.79 Å². The Morgan fingerprint density at radius 3 is 3.06 bits per heavy atom. The Hall–Kier alpha value is -1.03. The largest absolute Gasteiger partial charge is 0.497 e. The lowest BCUT2D eigenvalue weighted by Gasteiger charge is -2.16. The second kappa shape index (κ2) is 5.54. The SMILES string of the molecule is COc1cccc(C(=O)N2CCC(CBr)C2)c1. The molecule has 0 bridgehead atoms. The number of carbonyl (C=O) groups is 1. The zero-order valence-electron chi connectivity index (χ0n) is 9.86. The van der Waals surface area contributed by atoms with Gasteiger partial charge in [-0.2, -0.15) is 0 Å². The van der Waals surface area contributed by atoms with Crippen LogP contribution in [0.15, 0.2) is 24.3 Å². The average Bonchev–Trinajstić information content (AvgIpc) is 2.86. The van der Waals surface area contributed by atoms with Gasteiger partial charge in [0.05, 0.1) is 7.11 Å². The van der Waals surface area contributed by atoms with Gasteiger partial charge in [-0.05, 0) is 30.5 Å². The Labute approximate surface area is 110 Å². The first kappa shape index (κ1) is 12.4. The van der Waals surface area contributed by atoms with Crippen molar-refractivity contribution in [3.8, 4) is 5.75 Å². The molecule has 0 aromatic heterocycles. The predicted octanol–water partition coefficient (Wildman–Crippen LogP) is 2.55. The van der Waals surface area contributed by atoms with Crippen LogP contribution in [0.4, 0.5) is 0 Å². The molecule has 1 heterocycles. The molecule has 0 radical (unpaired) electrons. The average molecular weight is 298 g/mol. The van der Waals surface area contributed by atoms with Crippen molar-refractivity contribution < 1.29 is 9.53 Å². The molecule has 0 N–H and O–H groups in total. The van der Waals surface area contributed by atoms with Crippen LogP contribution in [0, 0.1) is 5.92 Å². The Balaban J connectivity index is 2.09. The van der Waals surface area contributed by atoms with Gasteiger partial charge in [-0.25, -0.2) is 0 Å². The molecule has 1 saturated heterocycles. The second-order valence-electron chi connectivity index (χ2n) is 4.29. The highest BCUT2D eigenvalue weighted by molar-refractivity contribution is 9.09. The molecule has 17 heavy (non-hydrogen) atoms. The van der Waals surface area contributed by atoms with E-state index in [1.54, 1.807) is 13.2 Å². The topological polar surface area (TPSA) is 29.5 Å². The molecule has 1 aliphatic heterocycles. The third kappa shape index (κ3) is 2.80. The van der Waals surface area contributed by atoms with Crippen molar-refractivity contribution in [3.63, 3.8) is 0 Å². The smallest absolute Gasteiger partial charge is 0.253 e.